The lowest BCUT2D eigenvalue weighted by molar-refractivity contribution is 2.13. The van der Waals surface area contributed by atoms with Gasteiger partial charge in [-0.05, 0) is 0 Å². The molecular formula is C3H7N. The molecule has 0 spiro atoms. The van der Waals surface area contributed by atoms with Crippen molar-refractivity contribution in [2.24, 2.45) is 0 Å². The van der Waals surface area contributed by atoms with Gasteiger partial charge in [0.2, 0.25) is 0 Å². The third-order valence-electron chi connectivity index (χ3n) is 0. The van der Waals surface area contributed by atoms with Crippen molar-refractivity contribution < 1.29 is 0 Å². The van der Waals surface area contributed by atoms with Crippen LogP contribution in [0.2, 0.25) is 0 Å². The van der Waals surface area contributed by atoms with Crippen LogP contribution in [0.1, 0.15) is 0 Å². The summed E-state index contributed by atoms with van der Waals surface area (Å²) in [4.78, 5) is 0. The first-order valence-corrected chi connectivity index (χ1v) is 0.707. The molecule has 0 aliphatic heterocycles. The summed E-state index contributed by atoms with van der Waals surface area (Å²) in [6.07, 6.45) is 0. The SMILES string of the molecule is C=C=C.N. The molecule has 0 unspecified atom stereocenters. The highest BCUT2D eigenvalue weighted by Crippen LogP contribution is 1.16. The highest BCUT2D eigenvalue weighted by atomic mass is 14.0. The third kappa shape index (κ3) is 1.26. The summed E-state index contributed by atoms with van der Waals surface area (Å²) < 4.78 is 0. The maximum Gasteiger partial charge on any atom is -0.0572 e. The lowest BCUT2D eigenvalue weighted by Crippen LogP contribution is -0.844. The van der Waals surface area contributed by atoms with E-state index in [2.05, 4.69) is 18.9 Å². The van der Waals surface area contributed by atoms with Crippen LogP contribution in [0.5, 0.6) is 0 Å². The standard InChI is InChI=1S/C3H4.H3N/c1-3-2;/h1-2H2;1H3. The minimum atomic E-state index is 0. The molecule has 0 heterocycles. The molecule has 0 bridgehead atoms. The van der Waals surface area contributed by atoms with Gasteiger partial charge in [-0.2, -0.15) is 0 Å². The van der Waals surface area contributed by atoms with E-state index in [4.69, 9.17) is 0 Å². The molecule has 0 saturated heterocycles. The minimum absolute atomic E-state index is 0. The zero-order valence-corrected chi connectivity index (χ0v) is 2.62. The zero-order chi connectivity index (χ0) is 2.71. The Balaban J connectivity index is 0. The van der Waals surface area contributed by atoms with E-state index in [0.29, 0.717) is 0 Å². The Kier molecular flexibility index (Phi) is 57.6. The summed E-state index contributed by atoms with van der Waals surface area (Å²) in [6, 6.07) is 0. The van der Waals surface area contributed by atoms with Crippen LogP contribution in [-0.4, -0.2) is 0 Å². The second-order valence-corrected chi connectivity index (χ2v) is 0.250. The fraction of sp³-hybridized carbons (Fsp3) is 0. The van der Waals surface area contributed by atoms with Crippen LogP contribution >= 0.6 is 0 Å². The van der Waals surface area contributed by atoms with E-state index in [0.717, 1.165) is 0 Å². The Bertz CT molecular complexity index is 24.3. The highest BCUT2D eigenvalue weighted by Gasteiger charge is 0.904. The van der Waals surface area contributed by atoms with Crippen LogP contribution in [-0.2, 0) is 0 Å². The maximum atomic E-state index is 3.12. The molecular weight excluding hydrogens is 50.0 g/mol. The summed E-state index contributed by atoms with van der Waals surface area (Å²) in [5.41, 5.74) is 2.25. The van der Waals surface area contributed by atoms with Gasteiger partial charge >= 0.3 is 0 Å². The fourth-order valence-corrected chi connectivity index (χ4v) is 0. The van der Waals surface area contributed by atoms with Crippen molar-refractivity contribution in [3.05, 3.63) is 18.9 Å². The molecule has 0 aliphatic carbocycles. The first kappa shape index (κ1) is 9.77. The largest absolute Gasteiger partial charge is 0.344 e. The van der Waals surface area contributed by atoms with Crippen LogP contribution in [0, 0.1) is 0 Å². The van der Waals surface area contributed by atoms with Gasteiger partial charge in [-0.25, -0.2) is 0 Å². The van der Waals surface area contributed by atoms with Gasteiger partial charge in [-0.3, -0.25) is 0 Å². The van der Waals surface area contributed by atoms with Crippen molar-refractivity contribution in [1.29, 1.82) is 0 Å². The predicted molar refractivity (Wildman–Crippen MR) is 19.8 cm³/mol. The topological polar surface area (TPSA) is 35.0 Å². The monoisotopic (exact) mass is 57.1 g/mol. The van der Waals surface area contributed by atoms with Crippen molar-refractivity contribution in [3.8, 4) is 0 Å². The number of rotatable bonds is 0. The Morgan fingerprint density at radius 3 is 1.25 bits per heavy atom. The summed E-state index contributed by atoms with van der Waals surface area (Å²) in [6.45, 7) is 6.25. The maximum absolute atomic E-state index is 3.12. The lowest BCUT2D eigenvalue weighted by atomic mass is 11.0. The van der Waals surface area contributed by atoms with Gasteiger partial charge in [0, 0.05) is 0 Å². The van der Waals surface area contributed by atoms with Crippen molar-refractivity contribution >= 4 is 0 Å². The van der Waals surface area contributed by atoms with Gasteiger partial charge in [0.25, 0.3) is 0 Å². The van der Waals surface area contributed by atoms with Crippen molar-refractivity contribution in [3.63, 3.8) is 0 Å². The van der Waals surface area contributed by atoms with E-state index in [1.807, 2.05) is 0 Å². The van der Waals surface area contributed by atoms with Gasteiger partial charge in [0.05, 0.1) is 0 Å². The number of hydrogen-bond donors (Lipinski definition) is 1. The molecule has 3 N–H and O–H groups in total. The van der Waals surface area contributed by atoms with Crippen LogP contribution in [0.3, 0.4) is 0 Å². The van der Waals surface area contributed by atoms with E-state index in [-0.39, 0.29) is 6.15 Å². The molecule has 0 atom stereocenters. The van der Waals surface area contributed by atoms with E-state index in [1.165, 1.54) is 0 Å². The number of hydrogen-bond acceptors (Lipinski definition) is 1. The molecule has 0 saturated carbocycles. The Hall–Kier alpha value is -0.520. The van der Waals surface area contributed by atoms with E-state index in [9.17, 15) is 0 Å². The molecule has 0 aromatic rings. The second-order valence-electron chi connectivity index (χ2n) is 0.250. The van der Waals surface area contributed by atoms with Crippen LogP contribution in [0.4, 0.5) is 0 Å². The predicted octanol–water partition coefficient (Wildman–Crippen LogP) is 1.12. The van der Waals surface area contributed by atoms with Crippen molar-refractivity contribution in [2.45, 2.75) is 0 Å². The summed E-state index contributed by atoms with van der Waals surface area (Å²) in [5.74, 6) is 0. The van der Waals surface area contributed by atoms with E-state index < -0.39 is 0 Å². The molecule has 0 rings (SSSR count). The quantitative estimate of drug-likeness (QED) is 0.415. The summed E-state index contributed by atoms with van der Waals surface area (Å²) in [7, 11) is 0. The molecule has 0 radical (unpaired) electrons. The molecule has 1 nitrogen and oxygen atoms in total. The van der Waals surface area contributed by atoms with Crippen LogP contribution in [0.15, 0.2) is 18.9 Å². The van der Waals surface area contributed by atoms with Gasteiger partial charge < -0.3 is 6.15 Å². The third-order valence-corrected chi connectivity index (χ3v) is 0. The highest BCUT2D eigenvalue weighted by molar-refractivity contribution is 4.51. The van der Waals surface area contributed by atoms with Gasteiger partial charge in [-0.15, -0.1) is 5.73 Å². The Morgan fingerprint density at radius 1 is 1.25 bits per heavy atom. The van der Waals surface area contributed by atoms with Gasteiger partial charge in [0.15, 0.2) is 0 Å². The average Bonchev–Trinajstić information content (AvgIpc) is 0.918. The van der Waals surface area contributed by atoms with Crippen molar-refractivity contribution in [1.82, 2.24) is 6.15 Å². The Morgan fingerprint density at radius 2 is 1.25 bits per heavy atom. The normalized spacial score (nSPS) is 2.00. The molecule has 0 aromatic carbocycles. The second kappa shape index (κ2) is 23.6. The smallest absolute Gasteiger partial charge is 0.0572 e. The summed E-state index contributed by atoms with van der Waals surface area (Å²) >= 11 is 0. The first-order chi connectivity index (χ1) is 1.41. The molecule has 0 fully saturated rings. The molecule has 4 heavy (non-hydrogen) atoms. The van der Waals surface area contributed by atoms with Gasteiger partial charge in [-0.1, -0.05) is 13.2 Å². The van der Waals surface area contributed by atoms with Crippen LogP contribution in [0.25, 0.3) is 0 Å². The lowest BCUT2D eigenvalue weighted by Gasteiger charge is -1.10. The van der Waals surface area contributed by atoms with E-state index in [1.54, 1.807) is 0 Å². The first-order valence-electron chi connectivity index (χ1n) is 0.707. The molecule has 1 heteroatoms. The average molecular weight is 57.1 g/mol. The minimum Gasteiger partial charge on any atom is -0.344 e. The van der Waals surface area contributed by atoms with E-state index >= 15 is 0 Å². The molecule has 0 aliphatic rings. The summed E-state index contributed by atoms with van der Waals surface area (Å²) in [5, 5.41) is 0. The zero-order valence-electron chi connectivity index (χ0n) is 2.62. The van der Waals surface area contributed by atoms with Crippen molar-refractivity contribution in [2.75, 3.05) is 0 Å². The van der Waals surface area contributed by atoms with Gasteiger partial charge in [0.1, 0.15) is 0 Å². The molecule has 0 amide bonds. The van der Waals surface area contributed by atoms with Crippen LogP contribution < -0.4 is 6.15 Å². The fourth-order valence-electron chi connectivity index (χ4n) is 0. The molecule has 24 valence electrons. The Labute approximate surface area is 26.2 Å². The molecule has 0 aromatic heterocycles.